The van der Waals surface area contributed by atoms with E-state index in [0.717, 1.165) is 29.2 Å². The number of halogens is 3. The molecule has 0 atom stereocenters. The number of nitrogens with one attached hydrogen (secondary N) is 1. The molecule has 0 aliphatic rings. The summed E-state index contributed by atoms with van der Waals surface area (Å²) in [7, 11) is 3.68. The maximum atomic E-state index is 12.3. The van der Waals surface area contributed by atoms with E-state index in [1.54, 1.807) is 36.1 Å². The summed E-state index contributed by atoms with van der Waals surface area (Å²) in [5.74, 6) is -1.54. The Hall–Kier alpha value is -4.15. The van der Waals surface area contributed by atoms with Crippen LogP contribution in [-0.4, -0.2) is 28.4 Å². The summed E-state index contributed by atoms with van der Waals surface area (Å²) >= 11 is 0. The third-order valence-corrected chi connectivity index (χ3v) is 4.43. The number of carbonyl (C=O) groups is 2. The van der Waals surface area contributed by atoms with Crippen LogP contribution < -0.4 is 21.5 Å². The van der Waals surface area contributed by atoms with Crippen molar-refractivity contribution in [1.82, 2.24) is 9.55 Å². The molecule has 3 rings (SSSR count). The van der Waals surface area contributed by atoms with E-state index in [4.69, 9.17) is 0 Å². The Morgan fingerprint density at radius 3 is 2.39 bits per heavy atom. The van der Waals surface area contributed by atoms with E-state index in [2.05, 4.69) is 10.7 Å². The first-order valence-corrected chi connectivity index (χ1v) is 9.50. The van der Waals surface area contributed by atoms with E-state index in [0.29, 0.717) is 6.07 Å². The molecule has 2 aromatic heterocycles. The molecule has 174 valence electrons. The number of hydrogen-bond donors (Lipinski definition) is 2. The largest absolute Gasteiger partial charge is 0.416 e. The fourth-order valence-corrected chi connectivity index (χ4v) is 2.69. The average molecular weight is 461 g/mol. The molecule has 0 fully saturated rings. The molecule has 3 aromatic rings. The Labute approximate surface area is 187 Å². The van der Waals surface area contributed by atoms with Crippen LogP contribution in [0.25, 0.3) is 0 Å². The number of hydrogen-bond acceptors (Lipinski definition) is 5. The maximum absolute atomic E-state index is 12.3. The Bertz CT molecular complexity index is 1210. The first-order chi connectivity index (χ1) is 15.4. The summed E-state index contributed by atoms with van der Waals surface area (Å²) in [6.07, 6.45) is -0.940. The minimum Gasteiger partial charge on any atom is -0.361 e. The van der Waals surface area contributed by atoms with Crippen molar-refractivity contribution in [2.45, 2.75) is 13.1 Å². The van der Waals surface area contributed by atoms with Gasteiger partial charge in [0.2, 0.25) is 5.56 Å². The second-order valence-corrected chi connectivity index (χ2v) is 6.94. The van der Waals surface area contributed by atoms with Crippen molar-refractivity contribution in [1.29, 1.82) is 0 Å². The van der Waals surface area contributed by atoms with Gasteiger partial charge in [-0.2, -0.15) is 13.2 Å². The van der Waals surface area contributed by atoms with Gasteiger partial charge in [0, 0.05) is 38.2 Å². The monoisotopic (exact) mass is 461 g/mol. The van der Waals surface area contributed by atoms with E-state index in [1.807, 2.05) is 36.3 Å². The topological polar surface area (TPSA) is 110 Å². The molecule has 0 aliphatic carbocycles. The Morgan fingerprint density at radius 2 is 1.82 bits per heavy atom. The van der Waals surface area contributed by atoms with Gasteiger partial charge in [-0.05, 0) is 42.8 Å². The number of nitrogens with zero attached hydrogens (tertiary/aromatic N) is 3. The molecule has 0 bridgehead atoms. The van der Waals surface area contributed by atoms with Crippen LogP contribution >= 0.6 is 0 Å². The lowest BCUT2D eigenvalue weighted by Crippen LogP contribution is -2.29. The summed E-state index contributed by atoms with van der Waals surface area (Å²) in [5.41, 5.74) is 5.60. The van der Waals surface area contributed by atoms with Crippen LogP contribution in [0.4, 0.5) is 30.4 Å². The molecular weight excluding hydrogens is 439 g/mol. The maximum Gasteiger partial charge on any atom is 0.416 e. The number of primary amides is 1. The van der Waals surface area contributed by atoms with Gasteiger partial charge in [0.05, 0.1) is 11.3 Å². The van der Waals surface area contributed by atoms with Crippen molar-refractivity contribution in [3.8, 4) is 0 Å². The summed E-state index contributed by atoms with van der Waals surface area (Å²) in [5, 5.41) is 1.94. The number of amides is 2. The second kappa shape index (κ2) is 10.4. The fourth-order valence-electron chi connectivity index (χ4n) is 2.69. The van der Waals surface area contributed by atoms with Crippen molar-refractivity contribution in [2.75, 3.05) is 17.3 Å². The van der Waals surface area contributed by atoms with E-state index < -0.39 is 23.6 Å². The van der Waals surface area contributed by atoms with Gasteiger partial charge in [-0.25, -0.2) is 4.98 Å². The number of alkyl halides is 3. The van der Waals surface area contributed by atoms with Crippen LogP contribution in [-0.2, 0) is 22.8 Å². The lowest BCUT2D eigenvalue weighted by Gasteiger charge is -2.20. The third kappa shape index (κ3) is 6.92. The Morgan fingerprint density at radius 1 is 1.12 bits per heavy atom. The number of aryl methyl sites for hydroxylation is 2. The van der Waals surface area contributed by atoms with Crippen LogP contribution in [0.1, 0.15) is 11.1 Å². The zero-order valence-electron chi connectivity index (χ0n) is 18.1. The van der Waals surface area contributed by atoms with Gasteiger partial charge in [0.25, 0.3) is 0 Å². The number of nitrogens with two attached hydrogens (primary N) is 1. The quantitative estimate of drug-likeness (QED) is 0.583. The van der Waals surface area contributed by atoms with Gasteiger partial charge in [-0.1, -0.05) is 12.1 Å². The Balaban J connectivity index is 0.000000234. The highest BCUT2D eigenvalue weighted by Gasteiger charge is 2.30. The second-order valence-electron chi connectivity index (χ2n) is 6.94. The standard InChI is InChI=1S/C13H15N3O.C9H7F3N2O2/c1-10-5-4-8-14-13(10)16(3)11-6-7-12(17)15(2)9-11;10-9(11,12)5-2-1-3-6(4-5)14-8(16)7(13)15/h4-9H,1-3H3;1-4H,(H2,13,15)(H,14,16). The molecule has 8 nitrogen and oxygen atoms in total. The number of benzene rings is 1. The number of anilines is 3. The molecule has 33 heavy (non-hydrogen) atoms. The minimum atomic E-state index is -4.51. The third-order valence-electron chi connectivity index (χ3n) is 4.43. The van der Waals surface area contributed by atoms with Crippen molar-refractivity contribution in [3.63, 3.8) is 0 Å². The van der Waals surface area contributed by atoms with E-state index in [9.17, 15) is 27.6 Å². The summed E-state index contributed by atoms with van der Waals surface area (Å²) in [4.78, 5) is 38.8. The van der Waals surface area contributed by atoms with Gasteiger partial charge in [0.1, 0.15) is 5.82 Å². The van der Waals surface area contributed by atoms with Crippen LogP contribution in [0.5, 0.6) is 0 Å². The van der Waals surface area contributed by atoms with Gasteiger partial charge < -0.3 is 20.5 Å². The lowest BCUT2D eigenvalue weighted by molar-refractivity contribution is -0.137. The van der Waals surface area contributed by atoms with Crippen LogP contribution in [0.15, 0.2) is 65.7 Å². The molecule has 0 saturated heterocycles. The smallest absolute Gasteiger partial charge is 0.361 e. The summed E-state index contributed by atoms with van der Waals surface area (Å²) in [6, 6.07) is 11.2. The minimum absolute atomic E-state index is 0.0140. The predicted octanol–water partition coefficient (Wildman–Crippen LogP) is 2.99. The molecule has 0 saturated carbocycles. The van der Waals surface area contributed by atoms with Crippen molar-refractivity contribution < 1.29 is 22.8 Å². The molecule has 2 amide bonds. The molecule has 11 heteroatoms. The van der Waals surface area contributed by atoms with Crippen LogP contribution in [0.2, 0.25) is 0 Å². The number of pyridine rings is 2. The zero-order chi connectivity index (χ0) is 24.8. The van der Waals surface area contributed by atoms with E-state index in [1.165, 1.54) is 6.07 Å². The number of rotatable bonds is 3. The highest BCUT2D eigenvalue weighted by atomic mass is 19.4. The number of carbonyl (C=O) groups excluding carboxylic acids is 2. The van der Waals surface area contributed by atoms with Crippen LogP contribution in [0, 0.1) is 6.92 Å². The molecule has 0 aliphatic heterocycles. The molecule has 3 N–H and O–H groups in total. The average Bonchev–Trinajstić information content (AvgIpc) is 2.75. The van der Waals surface area contributed by atoms with Gasteiger partial charge in [-0.15, -0.1) is 0 Å². The van der Waals surface area contributed by atoms with Crippen LogP contribution in [0.3, 0.4) is 0 Å². The van der Waals surface area contributed by atoms with Gasteiger partial charge in [0.15, 0.2) is 0 Å². The summed E-state index contributed by atoms with van der Waals surface area (Å²) < 4.78 is 38.3. The van der Waals surface area contributed by atoms with Crippen molar-refractivity contribution in [2.24, 2.45) is 12.8 Å². The normalized spacial score (nSPS) is 10.6. The molecular formula is C22H22F3N5O3. The van der Waals surface area contributed by atoms with Crippen molar-refractivity contribution >= 4 is 29.0 Å². The van der Waals surface area contributed by atoms with E-state index >= 15 is 0 Å². The van der Waals surface area contributed by atoms with Gasteiger partial charge >= 0.3 is 18.0 Å². The first-order valence-electron chi connectivity index (χ1n) is 9.50. The SMILES string of the molecule is Cc1cccnc1N(C)c1ccc(=O)n(C)c1.NC(=O)C(=O)Nc1cccc(C(F)(F)F)c1. The summed E-state index contributed by atoms with van der Waals surface area (Å²) in [6.45, 7) is 2.01. The fraction of sp³-hybridized carbons (Fsp3) is 0.182. The molecule has 0 spiro atoms. The predicted molar refractivity (Wildman–Crippen MR) is 118 cm³/mol. The van der Waals surface area contributed by atoms with E-state index in [-0.39, 0.29) is 11.2 Å². The molecule has 0 radical (unpaired) electrons. The zero-order valence-corrected chi connectivity index (χ0v) is 18.1. The van der Waals surface area contributed by atoms with Gasteiger partial charge in [-0.3, -0.25) is 14.4 Å². The Kier molecular flexibility index (Phi) is 7.95. The number of aromatic nitrogens is 2. The molecule has 1 aromatic carbocycles. The molecule has 0 unspecified atom stereocenters. The molecule has 2 heterocycles. The highest BCUT2D eigenvalue weighted by Crippen LogP contribution is 2.30. The highest BCUT2D eigenvalue weighted by molar-refractivity contribution is 6.39. The van der Waals surface area contributed by atoms with Crippen molar-refractivity contribution in [3.05, 3.63) is 82.4 Å². The lowest BCUT2D eigenvalue weighted by atomic mass is 10.2. The first kappa shape index (κ1) is 25.1.